The fraction of sp³-hybridized carbons (Fsp3) is 0.0714. The molecule has 6 nitrogen and oxygen atoms in total. The standard InChI is InChI=1S/C28H23N3O3S/c1-20-29-26-17-16-24(28(32)30-35(33,34)25-10-6-3-7-11-25)18-27(26)31(20)19-21-12-14-23(15-13-21)22-8-4-2-5-9-22/h2-18H,19H2,1H3,(H,30,32). The van der Waals surface area contributed by atoms with Gasteiger partial charge in [-0.1, -0.05) is 72.8 Å². The maximum absolute atomic E-state index is 12.8. The van der Waals surface area contributed by atoms with Gasteiger partial charge in [0, 0.05) is 12.1 Å². The first kappa shape index (κ1) is 22.6. The Balaban J connectivity index is 1.41. The van der Waals surface area contributed by atoms with Gasteiger partial charge < -0.3 is 4.57 Å². The molecular formula is C28H23N3O3S. The van der Waals surface area contributed by atoms with Crippen molar-refractivity contribution in [2.45, 2.75) is 18.4 Å². The van der Waals surface area contributed by atoms with Gasteiger partial charge in [0.2, 0.25) is 0 Å². The number of imidazole rings is 1. The van der Waals surface area contributed by atoms with Crippen LogP contribution in [0.25, 0.3) is 22.2 Å². The van der Waals surface area contributed by atoms with Crippen molar-refractivity contribution in [3.05, 3.63) is 120 Å². The number of fused-ring (bicyclic) bond motifs is 1. The zero-order valence-electron chi connectivity index (χ0n) is 19.0. The molecule has 5 rings (SSSR count). The average Bonchev–Trinajstić information content (AvgIpc) is 3.19. The first-order valence-corrected chi connectivity index (χ1v) is 12.6. The van der Waals surface area contributed by atoms with Crippen LogP contribution >= 0.6 is 0 Å². The lowest BCUT2D eigenvalue weighted by Crippen LogP contribution is -2.30. The number of carbonyl (C=O) groups is 1. The minimum absolute atomic E-state index is 0.0364. The first-order valence-electron chi connectivity index (χ1n) is 11.1. The molecule has 35 heavy (non-hydrogen) atoms. The number of benzene rings is 4. The molecule has 1 N–H and O–H groups in total. The van der Waals surface area contributed by atoms with Crippen LogP contribution in [0.3, 0.4) is 0 Å². The van der Waals surface area contributed by atoms with Crippen LogP contribution < -0.4 is 4.72 Å². The van der Waals surface area contributed by atoms with Gasteiger partial charge in [0.05, 0.1) is 15.9 Å². The van der Waals surface area contributed by atoms with Crippen molar-refractivity contribution < 1.29 is 13.2 Å². The predicted molar refractivity (Wildman–Crippen MR) is 137 cm³/mol. The highest BCUT2D eigenvalue weighted by Crippen LogP contribution is 2.23. The van der Waals surface area contributed by atoms with Crippen molar-refractivity contribution in [2.24, 2.45) is 0 Å². The van der Waals surface area contributed by atoms with Gasteiger partial charge >= 0.3 is 0 Å². The van der Waals surface area contributed by atoms with Crippen molar-refractivity contribution in [2.75, 3.05) is 0 Å². The fourth-order valence-electron chi connectivity index (χ4n) is 4.04. The van der Waals surface area contributed by atoms with E-state index >= 15 is 0 Å². The van der Waals surface area contributed by atoms with E-state index in [-0.39, 0.29) is 10.5 Å². The molecule has 1 amide bonds. The van der Waals surface area contributed by atoms with Crippen LogP contribution in [0.4, 0.5) is 0 Å². The summed E-state index contributed by atoms with van der Waals surface area (Å²) in [6, 6.07) is 31.4. The third kappa shape index (κ3) is 4.72. The van der Waals surface area contributed by atoms with E-state index in [9.17, 15) is 13.2 Å². The molecule has 1 heterocycles. The van der Waals surface area contributed by atoms with E-state index in [1.807, 2.05) is 29.7 Å². The third-order valence-electron chi connectivity index (χ3n) is 5.88. The maximum Gasteiger partial charge on any atom is 0.265 e. The van der Waals surface area contributed by atoms with Gasteiger partial charge in [0.15, 0.2) is 0 Å². The van der Waals surface area contributed by atoms with Crippen LogP contribution in [0.15, 0.2) is 108 Å². The predicted octanol–water partition coefficient (Wildman–Crippen LogP) is 5.18. The SMILES string of the molecule is Cc1nc2ccc(C(=O)NS(=O)(=O)c3ccccc3)cc2n1Cc1ccc(-c2ccccc2)cc1. The summed E-state index contributed by atoms with van der Waals surface area (Å²) in [7, 11) is -3.96. The minimum Gasteiger partial charge on any atom is -0.324 e. The molecule has 5 aromatic rings. The number of rotatable bonds is 6. The van der Waals surface area contributed by atoms with Crippen LogP contribution in [-0.4, -0.2) is 23.9 Å². The normalized spacial score (nSPS) is 11.5. The molecule has 0 radical (unpaired) electrons. The highest BCUT2D eigenvalue weighted by Gasteiger charge is 2.19. The van der Waals surface area contributed by atoms with Crippen molar-refractivity contribution in [1.82, 2.24) is 14.3 Å². The Hall–Kier alpha value is -4.23. The summed E-state index contributed by atoms with van der Waals surface area (Å²) < 4.78 is 29.3. The smallest absolute Gasteiger partial charge is 0.265 e. The first-order chi connectivity index (χ1) is 16.9. The molecule has 0 aliphatic rings. The molecular weight excluding hydrogens is 458 g/mol. The van der Waals surface area contributed by atoms with Gasteiger partial charge in [-0.2, -0.15) is 0 Å². The number of hydrogen-bond acceptors (Lipinski definition) is 4. The lowest BCUT2D eigenvalue weighted by molar-refractivity contribution is 0.0981. The maximum atomic E-state index is 12.8. The van der Waals surface area contributed by atoms with E-state index in [0.717, 1.165) is 33.5 Å². The highest BCUT2D eigenvalue weighted by atomic mass is 32.2. The number of carbonyl (C=O) groups excluding carboxylic acids is 1. The summed E-state index contributed by atoms with van der Waals surface area (Å²) in [6.07, 6.45) is 0. The second kappa shape index (κ2) is 9.19. The molecule has 174 valence electrons. The van der Waals surface area contributed by atoms with Gasteiger partial charge in [-0.15, -0.1) is 0 Å². The molecule has 0 saturated heterocycles. The molecule has 1 aromatic heterocycles. The zero-order chi connectivity index (χ0) is 24.4. The number of nitrogens with one attached hydrogen (secondary N) is 1. The fourth-order valence-corrected chi connectivity index (χ4v) is 5.03. The second-order valence-electron chi connectivity index (χ2n) is 8.26. The summed E-state index contributed by atoms with van der Waals surface area (Å²) in [5.74, 6) is 0.120. The van der Waals surface area contributed by atoms with Crippen molar-refractivity contribution in [3.63, 3.8) is 0 Å². The monoisotopic (exact) mass is 481 g/mol. The summed E-state index contributed by atoms with van der Waals surface area (Å²) in [5, 5.41) is 0. The van der Waals surface area contributed by atoms with Gasteiger partial charge in [-0.25, -0.2) is 18.1 Å². The zero-order valence-corrected chi connectivity index (χ0v) is 19.9. The Bertz CT molecular complexity index is 1610. The van der Waals surface area contributed by atoms with Gasteiger partial charge in [-0.3, -0.25) is 4.79 Å². The van der Waals surface area contributed by atoms with Crippen molar-refractivity contribution in [3.8, 4) is 11.1 Å². The molecule has 0 spiro atoms. The number of amides is 1. The Kier molecular flexibility index (Phi) is 5.93. The van der Waals surface area contributed by atoms with E-state index in [4.69, 9.17) is 0 Å². The van der Waals surface area contributed by atoms with E-state index in [0.29, 0.717) is 6.54 Å². The van der Waals surface area contributed by atoms with Crippen LogP contribution in [0, 0.1) is 6.92 Å². The van der Waals surface area contributed by atoms with Crippen LogP contribution in [0.2, 0.25) is 0 Å². The van der Waals surface area contributed by atoms with Crippen LogP contribution in [0.5, 0.6) is 0 Å². The van der Waals surface area contributed by atoms with Gasteiger partial charge in [-0.05, 0) is 53.9 Å². The Morgan fingerprint density at radius 3 is 2.14 bits per heavy atom. The van der Waals surface area contributed by atoms with Gasteiger partial charge in [0.25, 0.3) is 15.9 Å². The number of hydrogen-bond donors (Lipinski definition) is 1. The summed E-state index contributed by atoms with van der Waals surface area (Å²) in [4.78, 5) is 17.5. The van der Waals surface area contributed by atoms with Crippen molar-refractivity contribution in [1.29, 1.82) is 0 Å². The average molecular weight is 482 g/mol. The number of sulfonamides is 1. The number of aryl methyl sites for hydroxylation is 1. The van der Waals surface area contributed by atoms with Crippen molar-refractivity contribution >= 4 is 27.0 Å². The molecule has 0 fully saturated rings. The van der Waals surface area contributed by atoms with E-state index in [1.165, 1.54) is 12.1 Å². The molecule has 0 aliphatic carbocycles. The van der Waals surface area contributed by atoms with Gasteiger partial charge in [0.1, 0.15) is 5.82 Å². The second-order valence-corrected chi connectivity index (χ2v) is 9.94. The highest BCUT2D eigenvalue weighted by molar-refractivity contribution is 7.90. The molecule has 0 aliphatic heterocycles. The van der Waals surface area contributed by atoms with Crippen LogP contribution in [0.1, 0.15) is 21.7 Å². The third-order valence-corrected chi connectivity index (χ3v) is 7.23. The number of nitrogens with zero attached hydrogens (tertiary/aromatic N) is 2. The lowest BCUT2D eigenvalue weighted by atomic mass is 10.0. The van der Waals surface area contributed by atoms with E-state index < -0.39 is 15.9 Å². The Morgan fingerprint density at radius 1 is 0.829 bits per heavy atom. The topological polar surface area (TPSA) is 81.1 Å². The quantitative estimate of drug-likeness (QED) is 0.362. The number of aromatic nitrogens is 2. The summed E-state index contributed by atoms with van der Waals surface area (Å²) in [6.45, 7) is 2.49. The Labute approximate surface area is 203 Å². The largest absolute Gasteiger partial charge is 0.324 e. The molecule has 0 saturated carbocycles. The molecule has 0 unspecified atom stereocenters. The Morgan fingerprint density at radius 2 is 1.46 bits per heavy atom. The van der Waals surface area contributed by atoms with E-state index in [2.05, 4.69) is 46.1 Å². The lowest BCUT2D eigenvalue weighted by Gasteiger charge is -2.10. The molecule has 0 atom stereocenters. The van der Waals surface area contributed by atoms with Crippen LogP contribution in [-0.2, 0) is 16.6 Å². The molecule has 4 aromatic carbocycles. The summed E-state index contributed by atoms with van der Waals surface area (Å²) in [5.41, 5.74) is 5.14. The molecule has 0 bridgehead atoms. The van der Waals surface area contributed by atoms with E-state index in [1.54, 1.807) is 36.4 Å². The molecule has 7 heteroatoms. The summed E-state index contributed by atoms with van der Waals surface area (Å²) >= 11 is 0. The minimum atomic E-state index is -3.96.